The van der Waals surface area contributed by atoms with E-state index in [4.69, 9.17) is 5.11 Å². The Morgan fingerprint density at radius 2 is 2.15 bits per heavy atom. The van der Waals surface area contributed by atoms with Crippen LogP contribution >= 0.6 is 11.3 Å². The lowest BCUT2D eigenvalue weighted by molar-refractivity contribution is -0.157. The van der Waals surface area contributed by atoms with Gasteiger partial charge >= 0.3 is 5.97 Å². The first-order valence-electron chi connectivity index (χ1n) is 7.09. The summed E-state index contributed by atoms with van der Waals surface area (Å²) in [6.45, 7) is 4.62. The van der Waals surface area contributed by atoms with Crippen LogP contribution in [0.2, 0.25) is 0 Å². The molecule has 1 aromatic heterocycles. The number of carboxylic acids is 1. The molecule has 1 aliphatic rings. The monoisotopic (exact) mass is 295 g/mol. The number of nitrogens with zero attached hydrogens (tertiary/aromatic N) is 1. The van der Waals surface area contributed by atoms with Gasteiger partial charge in [0, 0.05) is 12.6 Å². The van der Waals surface area contributed by atoms with Crippen LogP contribution in [0, 0.1) is 11.8 Å². The van der Waals surface area contributed by atoms with Gasteiger partial charge in [0.05, 0.1) is 11.8 Å². The standard InChI is InChI=1S/C15H21NO3S/c1-3-16(10(2)8-11-6-7-20-9-11)14(17)12-4-5-13(12)15(18)19/h6-7,9-10,12-13H,3-5,8H2,1-2H3,(H,18,19). The normalized spacial score (nSPS) is 22.9. The molecule has 2 rings (SSSR count). The van der Waals surface area contributed by atoms with Crippen LogP contribution in [0.25, 0.3) is 0 Å². The van der Waals surface area contributed by atoms with E-state index in [9.17, 15) is 9.59 Å². The molecule has 1 aliphatic carbocycles. The number of carbonyl (C=O) groups is 2. The zero-order valence-electron chi connectivity index (χ0n) is 11.9. The van der Waals surface area contributed by atoms with Crippen molar-refractivity contribution in [1.82, 2.24) is 4.90 Å². The lowest BCUT2D eigenvalue weighted by atomic mass is 9.72. The molecule has 0 aromatic carbocycles. The van der Waals surface area contributed by atoms with Crippen molar-refractivity contribution in [3.8, 4) is 0 Å². The van der Waals surface area contributed by atoms with Gasteiger partial charge in [-0.15, -0.1) is 0 Å². The van der Waals surface area contributed by atoms with Crippen LogP contribution in [0.15, 0.2) is 16.8 Å². The Labute approximate surface area is 123 Å². The molecule has 5 heteroatoms. The molecule has 3 atom stereocenters. The highest BCUT2D eigenvalue weighted by molar-refractivity contribution is 7.07. The summed E-state index contributed by atoms with van der Waals surface area (Å²) < 4.78 is 0. The summed E-state index contributed by atoms with van der Waals surface area (Å²) >= 11 is 1.65. The van der Waals surface area contributed by atoms with Gasteiger partial charge in [-0.05, 0) is 55.5 Å². The highest BCUT2D eigenvalue weighted by Gasteiger charge is 2.43. The van der Waals surface area contributed by atoms with Crippen molar-refractivity contribution in [3.63, 3.8) is 0 Å². The first-order valence-corrected chi connectivity index (χ1v) is 8.03. The molecular weight excluding hydrogens is 274 g/mol. The quantitative estimate of drug-likeness (QED) is 0.877. The van der Waals surface area contributed by atoms with Crippen LogP contribution in [0.3, 0.4) is 0 Å². The molecule has 20 heavy (non-hydrogen) atoms. The van der Waals surface area contributed by atoms with Gasteiger partial charge < -0.3 is 10.0 Å². The molecule has 4 nitrogen and oxygen atoms in total. The molecule has 0 spiro atoms. The van der Waals surface area contributed by atoms with Crippen molar-refractivity contribution in [1.29, 1.82) is 0 Å². The van der Waals surface area contributed by atoms with E-state index in [2.05, 4.69) is 11.4 Å². The van der Waals surface area contributed by atoms with Gasteiger partial charge in [0.1, 0.15) is 0 Å². The first kappa shape index (κ1) is 15.0. The van der Waals surface area contributed by atoms with Gasteiger partial charge in [-0.25, -0.2) is 0 Å². The van der Waals surface area contributed by atoms with Gasteiger partial charge in [0.2, 0.25) is 5.91 Å². The van der Waals surface area contributed by atoms with E-state index in [1.807, 2.05) is 24.1 Å². The van der Waals surface area contributed by atoms with E-state index in [1.54, 1.807) is 11.3 Å². The largest absolute Gasteiger partial charge is 0.481 e. The zero-order valence-corrected chi connectivity index (χ0v) is 12.7. The summed E-state index contributed by atoms with van der Waals surface area (Å²) in [6.07, 6.45) is 2.16. The van der Waals surface area contributed by atoms with Gasteiger partial charge in [-0.2, -0.15) is 11.3 Å². The summed E-state index contributed by atoms with van der Waals surface area (Å²) in [5.74, 6) is -1.63. The van der Waals surface area contributed by atoms with Crippen LogP contribution in [-0.4, -0.2) is 34.5 Å². The van der Waals surface area contributed by atoms with Crippen molar-refractivity contribution in [2.24, 2.45) is 11.8 Å². The van der Waals surface area contributed by atoms with Gasteiger partial charge in [0.25, 0.3) is 0 Å². The van der Waals surface area contributed by atoms with Crippen LogP contribution in [-0.2, 0) is 16.0 Å². The van der Waals surface area contributed by atoms with E-state index < -0.39 is 11.9 Å². The average Bonchev–Trinajstić information content (AvgIpc) is 2.80. The fourth-order valence-electron chi connectivity index (χ4n) is 2.85. The second-order valence-corrected chi connectivity index (χ2v) is 6.22. The third kappa shape index (κ3) is 3.03. The van der Waals surface area contributed by atoms with Crippen molar-refractivity contribution in [3.05, 3.63) is 22.4 Å². The number of amides is 1. The summed E-state index contributed by atoms with van der Waals surface area (Å²) in [5.41, 5.74) is 1.23. The van der Waals surface area contributed by atoms with Crippen LogP contribution in [0.5, 0.6) is 0 Å². The van der Waals surface area contributed by atoms with Crippen molar-refractivity contribution < 1.29 is 14.7 Å². The summed E-state index contributed by atoms with van der Waals surface area (Å²) in [5, 5.41) is 13.2. The molecule has 110 valence electrons. The van der Waals surface area contributed by atoms with Crippen LogP contribution < -0.4 is 0 Å². The van der Waals surface area contributed by atoms with Gasteiger partial charge in [-0.3, -0.25) is 9.59 Å². The zero-order chi connectivity index (χ0) is 14.7. The molecule has 0 bridgehead atoms. The Kier molecular flexibility index (Phi) is 4.81. The SMILES string of the molecule is CCN(C(=O)C1CCC1C(=O)O)C(C)Cc1ccsc1. The van der Waals surface area contributed by atoms with Crippen molar-refractivity contribution >= 4 is 23.2 Å². The molecule has 0 aliphatic heterocycles. The molecule has 0 saturated heterocycles. The molecule has 1 N–H and O–H groups in total. The minimum Gasteiger partial charge on any atom is -0.481 e. The van der Waals surface area contributed by atoms with Crippen molar-refractivity contribution in [2.75, 3.05) is 6.54 Å². The Bertz CT molecular complexity index is 471. The third-order valence-electron chi connectivity index (χ3n) is 4.18. The predicted molar refractivity (Wildman–Crippen MR) is 78.7 cm³/mol. The van der Waals surface area contributed by atoms with E-state index >= 15 is 0 Å². The smallest absolute Gasteiger partial charge is 0.307 e. The molecule has 3 unspecified atom stereocenters. The predicted octanol–water partition coefficient (Wildman–Crippen LogP) is 2.64. The van der Waals surface area contributed by atoms with Crippen molar-refractivity contribution in [2.45, 2.75) is 39.2 Å². The number of thiophene rings is 1. The Morgan fingerprint density at radius 3 is 2.60 bits per heavy atom. The maximum Gasteiger partial charge on any atom is 0.307 e. The van der Waals surface area contributed by atoms with E-state index in [-0.39, 0.29) is 17.9 Å². The first-order chi connectivity index (χ1) is 9.54. The Hall–Kier alpha value is -1.36. The van der Waals surface area contributed by atoms with E-state index in [0.29, 0.717) is 19.4 Å². The van der Waals surface area contributed by atoms with Crippen LogP contribution in [0.1, 0.15) is 32.3 Å². The fourth-order valence-corrected chi connectivity index (χ4v) is 3.53. The topological polar surface area (TPSA) is 57.6 Å². The van der Waals surface area contributed by atoms with Crippen LogP contribution in [0.4, 0.5) is 0 Å². The summed E-state index contributed by atoms with van der Waals surface area (Å²) in [6, 6.07) is 2.18. The van der Waals surface area contributed by atoms with Gasteiger partial charge in [-0.1, -0.05) is 0 Å². The number of aliphatic carboxylic acids is 1. The molecule has 1 saturated carbocycles. The van der Waals surface area contributed by atoms with Gasteiger partial charge in [0.15, 0.2) is 0 Å². The minimum absolute atomic E-state index is 0.00822. The number of hydrogen-bond donors (Lipinski definition) is 1. The average molecular weight is 295 g/mol. The molecule has 1 amide bonds. The molecule has 1 aromatic rings. The summed E-state index contributed by atoms with van der Waals surface area (Å²) in [4.78, 5) is 25.4. The second-order valence-electron chi connectivity index (χ2n) is 5.44. The number of carboxylic acid groups (broad SMARTS) is 1. The lowest BCUT2D eigenvalue weighted by Gasteiger charge is -2.38. The van der Waals surface area contributed by atoms with E-state index in [0.717, 1.165) is 6.42 Å². The lowest BCUT2D eigenvalue weighted by Crippen LogP contribution is -2.49. The molecular formula is C15H21NO3S. The number of hydrogen-bond acceptors (Lipinski definition) is 3. The highest BCUT2D eigenvalue weighted by atomic mass is 32.1. The third-order valence-corrected chi connectivity index (χ3v) is 4.91. The molecule has 0 radical (unpaired) electrons. The number of likely N-dealkylation sites (N-methyl/N-ethyl adjacent to an activating group) is 1. The molecule has 1 fully saturated rings. The summed E-state index contributed by atoms with van der Waals surface area (Å²) in [7, 11) is 0. The number of carbonyl (C=O) groups excluding carboxylic acids is 1. The maximum absolute atomic E-state index is 12.5. The second kappa shape index (κ2) is 6.39. The minimum atomic E-state index is -0.837. The Morgan fingerprint density at radius 1 is 1.45 bits per heavy atom. The number of rotatable bonds is 6. The highest BCUT2D eigenvalue weighted by Crippen LogP contribution is 2.36. The maximum atomic E-state index is 12.5. The molecule has 1 heterocycles. The fraction of sp³-hybridized carbons (Fsp3) is 0.600. The Balaban J connectivity index is 2.00. The van der Waals surface area contributed by atoms with E-state index in [1.165, 1.54) is 5.56 Å².